The van der Waals surface area contributed by atoms with E-state index in [1.54, 1.807) is 11.3 Å². The number of nitrogen functional groups attached to an aromatic ring is 1. The van der Waals surface area contributed by atoms with Crippen molar-refractivity contribution in [2.75, 3.05) is 17.6 Å². The van der Waals surface area contributed by atoms with Gasteiger partial charge in [0.05, 0.1) is 5.39 Å². The smallest absolute Gasteiger partial charge is 0.223 e. The summed E-state index contributed by atoms with van der Waals surface area (Å²) in [6.45, 7) is 0.978. The van der Waals surface area contributed by atoms with E-state index in [-0.39, 0.29) is 0 Å². The van der Waals surface area contributed by atoms with Gasteiger partial charge in [0.25, 0.3) is 0 Å². The van der Waals surface area contributed by atoms with Crippen molar-refractivity contribution < 1.29 is 0 Å². The summed E-state index contributed by atoms with van der Waals surface area (Å²) in [5, 5.41) is 6.53. The Balaban J connectivity index is 1.67. The van der Waals surface area contributed by atoms with Gasteiger partial charge in [-0.15, -0.1) is 11.3 Å². The molecule has 1 saturated carbocycles. The number of hydrogen-bond acceptors (Lipinski definition) is 5. The fourth-order valence-corrected chi connectivity index (χ4v) is 3.47. The molecule has 5 heteroatoms. The lowest BCUT2D eigenvalue weighted by Gasteiger charge is -2.11. The standard InChI is InChI=1S/C13H18N4S/c14-13-16-11(10-6-8-18-12(10)17-13)15-7-5-9-3-1-2-4-9/h6,8-9H,1-5,7H2,(H3,14,15,16,17). The first-order chi connectivity index (χ1) is 8.83. The molecular weight excluding hydrogens is 244 g/mol. The van der Waals surface area contributed by atoms with E-state index in [4.69, 9.17) is 5.73 Å². The summed E-state index contributed by atoms with van der Waals surface area (Å²) in [6, 6.07) is 2.05. The zero-order chi connectivity index (χ0) is 12.4. The lowest BCUT2D eigenvalue weighted by atomic mass is 10.0. The van der Waals surface area contributed by atoms with Crippen molar-refractivity contribution in [2.45, 2.75) is 32.1 Å². The summed E-state index contributed by atoms with van der Waals surface area (Å²) in [4.78, 5) is 9.49. The molecule has 1 aliphatic rings. The minimum Gasteiger partial charge on any atom is -0.369 e. The van der Waals surface area contributed by atoms with Crippen molar-refractivity contribution in [3.63, 3.8) is 0 Å². The van der Waals surface area contributed by atoms with E-state index in [9.17, 15) is 0 Å². The lowest BCUT2D eigenvalue weighted by molar-refractivity contribution is 0.518. The molecular formula is C13H18N4S. The van der Waals surface area contributed by atoms with Crippen molar-refractivity contribution in [3.05, 3.63) is 11.4 Å². The minimum atomic E-state index is 0.355. The van der Waals surface area contributed by atoms with Crippen LogP contribution in [0.4, 0.5) is 11.8 Å². The van der Waals surface area contributed by atoms with Crippen molar-refractivity contribution in [3.8, 4) is 0 Å². The lowest BCUT2D eigenvalue weighted by Crippen LogP contribution is -2.09. The minimum absolute atomic E-state index is 0.355. The number of thiophene rings is 1. The molecule has 0 bridgehead atoms. The largest absolute Gasteiger partial charge is 0.369 e. The molecule has 2 aromatic heterocycles. The number of aromatic nitrogens is 2. The summed E-state index contributed by atoms with van der Waals surface area (Å²) < 4.78 is 0. The average molecular weight is 262 g/mol. The fourth-order valence-electron chi connectivity index (χ4n) is 2.70. The van der Waals surface area contributed by atoms with Crippen molar-refractivity contribution >= 4 is 33.3 Å². The monoisotopic (exact) mass is 262 g/mol. The Morgan fingerprint density at radius 1 is 1.33 bits per heavy atom. The molecule has 3 rings (SSSR count). The first-order valence-corrected chi connectivity index (χ1v) is 7.45. The van der Waals surface area contributed by atoms with E-state index < -0.39 is 0 Å². The fraction of sp³-hybridized carbons (Fsp3) is 0.538. The molecule has 2 heterocycles. The van der Waals surface area contributed by atoms with E-state index in [1.807, 2.05) is 5.38 Å². The zero-order valence-electron chi connectivity index (χ0n) is 10.4. The summed E-state index contributed by atoms with van der Waals surface area (Å²) in [5.74, 6) is 2.14. The SMILES string of the molecule is Nc1nc(NCCC2CCCC2)c2ccsc2n1. The molecule has 0 radical (unpaired) electrons. The van der Waals surface area contributed by atoms with E-state index in [0.717, 1.165) is 28.5 Å². The third-order valence-corrected chi connectivity index (χ3v) is 4.47. The Kier molecular flexibility index (Phi) is 3.32. The summed E-state index contributed by atoms with van der Waals surface area (Å²) in [6.07, 6.45) is 6.82. The molecule has 0 atom stereocenters. The molecule has 2 aromatic rings. The van der Waals surface area contributed by atoms with E-state index in [1.165, 1.54) is 32.1 Å². The zero-order valence-corrected chi connectivity index (χ0v) is 11.2. The predicted molar refractivity (Wildman–Crippen MR) is 76.9 cm³/mol. The number of fused-ring (bicyclic) bond motifs is 1. The predicted octanol–water partition coefficient (Wildman–Crippen LogP) is 3.27. The highest BCUT2D eigenvalue weighted by Gasteiger charge is 2.14. The normalized spacial score (nSPS) is 16.4. The first kappa shape index (κ1) is 11.7. The Hall–Kier alpha value is -1.36. The van der Waals surface area contributed by atoms with Crippen LogP contribution in [0.2, 0.25) is 0 Å². The quantitative estimate of drug-likeness (QED) is 0.887. The van der Waals surface area contributed by atoms with Crippen LogP contribution in [0.1, 0.15) is 32.1 Å². The maximum Gasteiger partial charge on any atom is 0.223 e. The van der Waals surface area contributed by atoms with Gasteiger partial charge < -0.3 is 11.1 Å². The summed E-state index contributed by atoms with van der Waals surface area (Å²) in [7, 11) is 0. The molecule has 0 spiro atoms. The van der Waals surface area contributed by atoms with Gasteiger partial charge in [0.15, 0.2) is 0 Å². The van der Waals surface area contributed by atoms with E-state index in [2.05, 4.69) is 21.4 Å². The maximum absolute atomic E-state index is 5.72. The highest BCUT2D eigenvalue weighted by molar-refractivity contribution is 7.16. The van der Waals surface area contributed by atoms with Gasteiger partial charge in [-0.25, -0.2) is 4.98 Å². The van der Waals surface area contributed by atoms with Gasteiger partial charge in [0.2, 0.25) is 5.95 Å². The van der Waals surface area contributed by atoms with Gasteiger partial charge in [-0.3, -0.25) is 0 Å². The van der Waals surface area contributed by atoms with Crippen LogP contribution in [0.3, 0.4) is 0 Å². The second-order valence-electron chi connectivity index (χ2n) is 4.94. The molecule has 0 unspecified atom stereocenters. The van der Waals surface area contributed by atoms with Gasteiger partial charge in [-0.2, -0.15) is 4.98 Å². The second kappa shape index (κ2) is 5.10. The Bertz CT molecular complexity index is 531. The molecule has 18 heavy (non-hydrogen) atoms. The van der Waals surface area contributed by atoms with Crippen molar-refractivity contribution in [1.82, 2.24) is 9.97 Å². The maximum atomic E-state index is 5.72. The number of nitrogens with one attached hydrogen (secondary N) is 1. The van der Waals surface area contributed by atoms with Gasteiger partial charge >= 0.3 is 0 Å². The third-order valence-electron chi connectivity index (χ3n) is 3.66. The molecule has 96 valence electrons. The van der Waals surface area contributed by atoms with Crippen LogP contribution in [0.5, 0.6) is 0 Å². The highest BCUT2D eigenvalue weighted by atomic mass is 32.1. The van der Waals surface area contributed by atoms with Gasteiger partial charge in [-0.1, -0.05) is 25.7 Å². The topological polar surface area (TPSA) is 63.8 Å². The molecule has 0 saturated heterocycles. The highest BCUT2D eigenvalue weighted by Crippen LogP contribution is 2.28. The third kappa shape index (κ3) is 2.41. The van der Waals surface area contributed by atoms with Gasteiger partial charge in [0.1, 0.15) is 10.6 Å². The van der Waals surface area contributed by atoms with E-state index >= 15 is 0 Å². The molecule has 0 amide bonds. The Morgan fingerprint density at radius 2 is 2.17 bits per heavy atom. The van der Waals surface area contributed by atoms with E-state index in [0.29, 0.717) is 5.95 Å². The van der Waals surface area contributed by atoms with Gasteiger partial charge in [0, 0.05) is 6.54 Å². The number of anilines is 2. The number of rotatable bonds is 4. The molecule has 0 aliphatic heterocycles. The molecule has 4 nitrogen and oxygen atoms in total. The van der Waals surface area contributed by atoms with Gasteiger partial charge in [-0.05, 0) is 23.8 Å². The van der Waals surface area contributed by atoms with Crippen LogP contribution in [0, 0.1) is 5.92 Å². The Morgan fingerprint density at radius 3 is 3.00 bits per heavy atom. The van der Waals surface area contributed by atoms with Crippen molar-refractivity contribution in [1.29, 1.82) is 0 Å². The molecule has 1 aliphatic carbocycles. The average Bonchev–Trinajstić information content (AvgIpc) is 2.98. The number of nitrogens with two attached hydrogens (primary N) is 1. The number of hydrogen-bond donors (Lipinski definition) is 2. The first-order valence-electron chi connectivity index (χ1n) is 6.57. The van der Waals surface area contributed by atoms with Crippen LogP contribution < -0.4 is 11.1 Å². The molecule has 1 fully saturated rings. The van der Waals surface area contributed by atoms with Crippen LogP contribution in [-0.2, 0) is 0 Å². The molecule has 3 N–H and O–H groups in total. The Labute approximate surface area is 111 Å². The number of nitrogens with zero attached hydrogens (tertiary/aromatic N) is 2. The second-order valence-corrected chi connectivity index (χ2v) is 5.83. The molecule has 0 aromatic carbocycles. The van der Waals surface area contributed by atoms with Crippen LogP contribution in [0.15, 0.2) is 11.4 Å². The summed E-state index contributed by atoms with van der Waals surface area (Å²) >= 11 is 1.60. The van der Waals surface area contributed by atoms with Crippen molar-refractivity contribution in [2.24, 2.45) is 5.92 Å². The van der Waals surface area contributed by atoms with Crippen LogP contribution >= 0.6 is 11.3 Å². The summed E-state index contributed by atoms with van der Waals surface area (Å²) in [5.41, 5.74) is 5.72. The van der Waals surface area contributed by atoms with Crippen LogP contribution in [-0.4, -0.2) is 16.5 Å². The van der Waals surface area contributed by atoms with Crippen LogP contribution in [0.25, 0.3) is 10.2 Å².